The van der Waals surface area contributed by atoms with Crippen molar-refractivity contribution >= 4 is 23.4 Å². The van der Waals surface area contributed by atoms with Gasteiger partial charge >= 0.3 is 6.09 Å². The Balaban J connectivity index is 1.76. The fraction of sp³-hybridized carbons (Fsp3) is 0.350. The fourth-order valence-electron chi connectivity index (χ4n) is 3.08. The van der Waals surface area contributed by atoms with Crippen LogP contribution in [-0.2, 0) is 16.8 Å². The Labute approximate surface area is 165 Å². The maximum Gasteiger partial charge on any atom is 0.413 e. The maximum absolute atomic E-state index is 14.6. The lowest BCUT2D eigenvalue weighted by atomic mass is 9.85. The number of cyclic esters (lactones) is 1. The SMILES string of the molecule is CC(F)(F)[C@@]1(C#CC2CC2)OC(=O)Nc2cc(Cc3ccnc(Cl)n3)ccc21. The molecular formula is C20H16ClF2N3O2. The van der Waals surface area contributed by atoms with E-state index in [0.29, 0.717) is 19.0 Å². The lowest BCUT2D eigenvalue weighted by molar-refractivity contribution is -0.142. The van der Waals surface area contributed by atoms with E-state index in [1.54, 1.807) is 18.2 Å². The van der Waals surface area contributed by atoms with Crippen LogP contribution >= 0.6 is 11.6 Å². The molecule has 0 radical (unpaired) electrons. The summed E-state index contributed by atoms with van der Waals surface area (Å²) in [6.45, 7) is 0.716. The molecule has 1 fully saturated rings. The molecule has 144 valence electrons. The van der Waals surface area contributed by atoms with Crippen molar-refractivity contribution < 1.29 is 18.3 Å². The van der Waals surface area contributed by atoms with Gasteiger partial charge in [0.05, 0.1) is 5.69 Å². The van der Waals surface area contributed by atoms with E-state index in [0.717, 1.165) is 18.4 Å². The van der Waals surface area contributed by atoms with Crippen LogP contribution in [0.5, 0.6) is 0 Å². The Morgan fingerprint density at radius 1 is 1.39 bits per heavy atom. The summed E-state index contributed by atoms with van der Waals surface area (Å²) < 4.78 is 34.4. The van der Waals surface area contributed by atoms with Gasteiger partial charge in [0.15, 0.2) is 0 Å². The van der Waals surface area contributed by atoms with Gasteiger partial charge in [0.25, 0.3) is 11.5 Å². The molecule has 1 aromatic carbocycles. The average molecular weight is 404 g/mol. The predicted octanol–water partition coefficient (Wildman–Crippen LogP) is 4.55. The lowest BCUT2D eigenvalue weighted by Crippen LogP contribution is -2.50. The number of anilines is 1. The number of ether oxygens (including phenoxy) is 1. The zero-order valence-corrected chi connectivity index (χ0v) is 15.7. The number of amides is 1. The summed E-state index contributed by atoms with van der Waals surface area (Å²) in [5, 5.41) is 2.63. The Bertz CT molecular complexity index is 1010. The Morgan fingerprint density at radius 2 is 2.18 bits per heavy atom. The average Bonchev–Trinajstić information content (AvgIpc) is 3.42. The Hall–Kier alpha value is -2.72. The highest BCUT2D eigenvalue weighted by Crippen LogP contribution is 2.47. The summed E-state index contributed by atoms with van der Waals surface area (Å²) in [6.07, 6.45) is 2.72. The molecule has 1 aliphatic carbocycles. The summed E-state index contributed by atoms with van der Waals surface area (Å²) in [6, 6.07) is 6.55. The molecule has 1 amide bonds. The Kier molecular flexibility index (Phi) is 4.47. The van der Waals surface area contributed by atoms with E-state index < -0.39 is 17.6 Å². The van der Waals surface area contributed by atoms with Crippen LogP contribution in [0.4, 0.5) is 19.3 Å². The zero-order valence-electron chi connectivity index (χ0n) is 14.9. The summed E-state index contributed by atoms with van der Waals surface area (Å²) in [7, 11) is 0. The molecule has 5 nitrogen and oxygen atoms in total. The third-order valence-electron chi connectivity index (χ3n) is 4.66. The number of rotatable bonds is 3. The van der Waals surface area contributed by atoms with Gasteiger partial charge in [0.2, 0.25) is 5.28 Å². The summed E-state index contributed by atoms with van der Waals surface area (Å²) in [5.74, 6) is 2.10. The van der Waals surface area contributed by atoms with Crippen molar-refractivity contribution in [2.24, 2.45) is 5.92 Å². The highest BCUT2D eigenvalue weighted by molar-refractivity contribution is 6.28. The molecule has 2 aromatic rings. The van der Waals surface area contributed by atoms with Crippen molar-refractivity contribution in [1.82, 2.24) is 9.97 Å². The number of nitrogens with one attached hydrogen (secondary N) is 1. The minimum absolute atomic E-state index is 0.0815. The van der Waals surface area contributed by atoms with Gasteiger partial charge in [0.1, 0.15) is 0 Å². The number of fused-ring (bicyclic) bond motifs is 1. The van der Waals surface area contributed by atoms with Gasteiger partial charge in [-0.15, -0.1) is 0 Å². The van der Waals surface area contributed by atoms with Gasteiger partial charge in [-0.1, -0.05) is 18.1 Å². The van der Waals surface area contributed by atoms with Crippen molar-refractivity contribution in [1.29, 1.82) is 0 Å². The number of alkyl halides is 2. The monoisotopic (exact) mass is 403 g/mol. The zero-order chi connectivity index (χ0) is 19.9. The molecule has 1 saturated carbocycles. The second kappa shape index (κ2) is 6.71. The normalized spacial score (nSPS) is 21.1. The summed E-state index contributed by atoms with van der Waals surface area (Å²) >= 11 is 5.80. The van der Waals surface area contributed by atoms with Gasteiger partial charge < -0.3 is 4.74 Å². The number of halogens is 3. The van der Waals surface area contributed by atoms with Gasteiger partial charge in [-0.2, -0.15) is 0 Å². The first-order chi connectivity index (χ1) is 13.3. The van der Waals surface area contributed by atoms with Gasteiger partial charge in [-0.25, -0.2) is 23.5 Å². The van der Waals surface area contributed by atoms with E-state index >= 15 is 0 Å². The largest absolute Gasteiger partial charge is 0.418 e. The van der Waals surface area contributed by atoms with Gasteiger partial charge in [0, 0.05) is 36.7 Å². The molecule has 1 aliphatic heterocycles. The van der Waals surface area contributed by atoms with E-state index in [-0.39, 0.29) is 22.5 Å². The van der Waals surface area contributed by atoms with Gasteiger partial charge in [-0.3, -0.25) is 5.32 Å². The summed E-state index contributed by atoms with van der Waals surface area (Å²) in [5.41, 5.74) is -0.500. The molecule has 2 aliphatic rings. The van der Waals surface area contributed by atoms with Crippen LogP contribution in [0, 0.1) is 17.8 Å². The highest BCUT2D eigenvalue weighted by atomic mass is 35.5. The first kappa shape index (κ1) is 18.6. The summed E-state index contributed by atoms with van der Waals surface area (Å²) in [4.78, 5) is 20.0. The molecule has 1 atom stereocenters. The van der Waals surface area contributed by atoms with Crippen LogP contribution in [0.2, 0.25) is 5.28 Å². The smallest absolute Gasteiger partial charge is 0.413 e. The van der Waals surface area contributed by atoms with E-state index in [2.05, 4.69) is 27.1 Å². The van der Waals surface area contributed by atoms with Gasteiger partial charge in [-0.05, 0) is 48.1 Å². The second-order valence-corrected chi connectivity index (χ2v) is 7.34. The number of carbonyl (C=O) groups is 1. The van der Waals surface area contributed by atoms with Crippen molar-refractivity contribution in [2.75, 3.05) is 5.32 Å². The third kappa shape index (κ3) is 3.52. The highest BCUT2D eigenvalue weighted by Gasteiger charge is 2.57. The number of hydrogen-bond donors (Lipinski definition) is 1. The molecule has 0 bridgehead atoms. The van der Waals surface area contributed by atoms with Crippen molar-refractivity contribution in [3.05, 3.63) is 52.6 Å². The quantitative estimate of drug-likeness (QED) is 0.603. The van der Waals surface area contributed by atoms with E-state index in [4.69, 9.17) is 16.3 Å². The molecule has 1 N–H and O–H groups in total. The number of nitrogens with zero attached hydrogens (tertiary/aromatic N) is 2. The minimum Gasteiger partial charge on any atom is -0.418 e. The van der Waals surface area contributed by atoms with Crippen LogP contribution in [0.15, 0.2) is 30.5 Å². The first-order valence-corrected chi connectivity index (χ1v) is 9.16. The van der Waals surface area contributed by atoms with Crippen LogP contribution < -0.4 is 5.32 Å². The van der Waals surface area contributed by atoms with Crippen LogP contribution in [0.1, 0.15) is 36.6 Å². The molecule has 0 saturated heterocycles. The number of benzene rings is 1. The van der Waals surface area contributed by atoms with Crippen molar-refractivity contribution in [3.63, 3.8) is 0 Å². The molecule has 2 heterocycles. The second-order valence-electron chi connectivity index (χ2n) is 7.00. The predicted molar refractivity (Wildman–Crippen MR) is 99.2 cm³/mol. The topological polar surface area (TPSA) is 64.1 Å². The van der Waals surface area contributed by atoms with E-state index in [1.165, 1.54) is 12.3 Å². The minimum atomic E-state index is -3.39. The molecule has 28 heavy (non-hydrogen) atoms. The molecular weight excluding hydrogens is 388 g/mol. The molecule has 4 rings (SSSR count). The van der Waals surface area contributed by atoms with Crippen molar-refractivity contribution in [2.45, 2.75) is 37.7 Å². The number of carbonyl (C=O) groups excluding carboxylic acids is 1. The maximum atomic E-state index is 14.6. The first-order valence-electron chi connectivity index (χ1n) is 8.78. The molecule has 0 spiro atoms. The van der Waals surface area contributed by atoms with E-state index in [1.807, 2.05) is 0 Å². The van der Waals surface area contributed by atoms with Crippen molar-refractivity contribution in [3.8, 4) is 11.8 Å². The Morgan fingerprint density at radius 3 is 2.86 bits per heavy atom. The lowest BCUT2D eigenvalue weighted by Gasteiger charge is -2.38. The number of aromatic nitrogens is 2. The standard InChI is InChI=1S/C20H16ClF2N3O2/c1-19(22,23)20(8-6-12-2-3-12)15-5-4-13(11-16(15)26-18(27)28-20)10-14-7-9-24-17(21)25-14/h4-5,7,9,11-12H,2-3,10H2,1H3,(H,26,27)/t20-/m0/s1. The fourth-order valence-corrected chi connectivity index (χ4v) is 3.24. The van der Waals surface area contributed by atoms with Crippen LogP contribution in [0.25, 0.3) is 0 Å². The number of hydrogen-bond acceptors (Lipinski definition) is 4. The van der Waals surface area contributed by atoms with Crippen LogP contribution in [0.3, 0.4) is 0 Å². The van der Waals surface area contributed by atoms with Crippen LogP contribution in [-0.4, -0.2) is 22.0 Å². The van der Waals surface area contributed by atoms with E-state index in [9.17, 15) is 13.6 Å². The third-order valence-corrected chi connectivity index (χ3v) is 4.84. The molecule has 0 unspecified atom stereocenters. The molecule has 8 heteroatoms. The molecule has 1 aromatic heterocycles.